The first-order valence-corrected chi connectivity index (χ1v) is 13.9. The van der Waals surface area contributed by atoms with Gasteiger partial charge in [0.05, 0.1) is 27.3 Å². The third kappa shape index (κ3) is 7.02. The Kier molecular flexibility index (Phi) is 9.04. The molecule has 0 aliphatic rings. The van der Waals surface area contributed by atoms with Gasteiger partial charge in [0, 0.05) is 19.5 Å². The summed E-state index contributed by atoms with van der Waals surface area (Å²) in [6, 6.07) is 10.7. The second kappa shape index (κ2) is 11.1. The van der Waals surface area contributed by atoms with Gasteiger partial charge in [0.25, 0.3) is 0 Å². The number of nitrogens with one attached hydrogen (secondary N) is 1. The summed E-state index contributed by atoms with van der Waals surface area (Å²) in [5, 5.41) is 2.63. The summed E-state index contributed by atoms with van der Waals surface area (Å²) >= 11 is 0. The van der Waals surface area contributed by atoms with E-state index in [1.54, 1.807) is 39.8 Å². The van der Waals surface area contributed by atoms with Crippen molar-refractivity contribution >= 4 is 31.5 Å². The molecule has 0 aliphatic carbocycles. The van der Waals surface area contributed by atoms with Crippen LogP contribution in [0.5, 0.6) is 5.75 Å². The zero-order valence-electron chi connectivity index (χ0n) is 19.7. The average Bonchev–Trinajstić information content (AvgIpc) is 2.74. The lowest BCUT2D eigenvalue weighted by atomic mass is 10.2. The number of nitrogens with zero attached hydrogens (tertiary/aromatic N) is 1. The molecule has 2 aromatic carbocycles. The molecule has 0 radical (unpaired) electrons. The lowest BCUT2D eigenvalue weighted by Crippen LogP contribution is -2.30. The van der Waals surface area contributed by atoms with Crippen LogP contribution in [0.3, 0.4) is 0 Å². The number of anilines is 1. The zero-order valence-corrected chi connectivity index (χ0v) is 21.3. The third-order valence-electron chi connectivity index (χ3n) is 4.91. The minimum atomic E-state index is -3.75. The highest BCUT2D eigenvalue weighted by atomic mass is 32.2. The van der Waals surface area contributed by atoms with Crippen LogP contribution in [0.25, 0.3) is 0 Å². The van der Waals surface area contributed by atoms with E-state index in [-0.39, 0.29) is 33.8 Å². The summed E-state index contributed by atoms with van der Waals surface area (Å²) < 4.78 is 57.9. The van der Waals surface area contributed by atoms with Crippen LogP contribution in [-0.4, -0.2) is 52.0 Å². The lowest BCUT2D eigenvalue weighted by Gasteiger charge is -2.20. The molecular weight excluding hydrogens is 464 g/mol. The number of sulfonamides is 1. The van der Waals surface area contributed by atoms with E-state index in [0.717, 1.165) is 5.56 Å². The van der Waals surface area contributed by atoms with Crippen molar-refractivity contribution in [3.8, 4) is 5.75 Å². The van der Waals surface area contributed by atoms with Crippen molar-refractivity contribution in [2.45, 2.75) is 56.9 Å². The van der Waals surface area contributed by atoms with Crippen molar-refractivity contribution in [3.05, 3.63) is 48.0 Å². The highest BCUT2D eigenvalue weighted by molar-refractivity contribution is 7.91. The van der Waals surface area contributed by atoms with E-state index in [0.29, 0.717) is 18.8 Å². The highest BCUT2D eigenvalue weighted by Crippen LogP contribution is 2.30. The van der Waals surface area contributed by atoms with Crippen LogP contribution in [0, 0.1) is 6.92 Å². The minimum absolute atomic E-state index is 0.0184. The van der Waals surface area contributed by atoms with Crippen LogP contribution < -0.4 is 10.1 Å². The van der Waals surface area contributed by atoms with Crippen molar-refractivity contribution in [2.75, 3.05) is 24.2 Å². The van der Waals surface area contributed by atoms with Crippen LogP contribution in [0.4, 0.5) is 5.69 Å². The van der Waals surface area contributed by atoms with E-state index in [2.05, 4.69) is 5.32 Å². The SMILES string of the molecule is CCN(CC)S(=O)(=O)c1ccc(OC(C)C)c(NC(=O)CCS(=O)(=O)c2ccc(C)cc2)c1. The molecule has 0 fully saturated rings. The third-order valence-corrected chi connectivity index (χ3v) is 8.69. The quantitative estimate of drug-likeness (QED) is 0.509. The van der Waals surface area contributed by atoms with Crippen LogP contribution >= 0.6 is 0 Å². The zero-order chi connectivity index (χ0) is 24.8. The standard InChI is InChI=1S/C23H32N2O6S2/c1-6-25(7-2)33(29,30)20-12-13-22(31-17(3)4)21(16-20)24-23(26)14-15-32(27,28)19-10-8-18(5)9-11-19/h8-13,16-17H,6-7,14-15H2,1-5H3,(H,24,26). The Bertz CT molecular complexity index is 1170. The van der Waals surface area contributed by atoms with E-state index >= 15 is 0 Å². The Morgan fingerprint density at radius 1 is 0.970 bits per heavy atom. The summed E-state index contributed by atoms with van der Waals surface area (Å²) in [7, 11) is -7.39. The molecule has 2 aromatic rings. The van der Waals surface area contributed by atoms with Gasteiger partial charge < -0.3 is 10.1 Å². The molecule has 0 atom stereocenters. The number of amides is 1. The second-order valence-corrected chi connectivity index (χ2v) is 11.9. The minimum Gasteiger partial charge on any atom is -0.489 e. The maximum atomic E-state index is 12.9. The maximum Gasteiger partial charge on any atom is 0.243 e. The normalized spacial score (nSPS) is 12.2. The topological polar surface area (TPSA) is 110 Å². The molecule has 0 aromatic heterocycles. The number of aryl methyl sites for hydroxylation is 1. The number of carbonyl (C=O) groups excluding carboxylic acids is 1. The van der Waals surface area contributed by atoms with Gasteiger partial charge in [-0.3, -0.25) is 4.79 Å². The van der Waals surface area contributed by atoms with Gasteiger partial charge in [0.1, 0.15) is 5.75 Å². The van der Waals surface area contributed by atoms with Gasteiger partial charge in [-0.15, -0.1) is 0 Å². The van der Waals surface area contributed by atoms with Gasteiger partial charge in [-0.1, -0.05) is 31.5 Å². The molecule has 0 spiro atoms. The molecule has 0 unspecified atom stereocenters. The number of hydrogen-bond acceptors (Lipinski definition) is 6. The summed E-state index contributed by atoms with van der Waals surface area (Å²) in [5.74, 6) is -0.630. The molecule has 33 heavy (non-hydrogen) atoms. The number of benzene rings is 2. The smallest absolute Gasteiger partial charge is 0.243 e. The largest absolute Gasteiger partial charge is 0.489 e. The first kappa shape index (κ1) is 26.8. The lowest BCUT2D eigenvalue weighted by molar-refractivity contribution is -0.115. The molecule has 8 nitrogen and oxygen atoms in total. The fourth-order valence-corrected chi connectivity index (χ4v) is 5.87. The van der Waals surface area contributed by atoms with Crippen LogP contribution in [-0.2, 0) is 24.7 Å². The van der Waals surface area contributed by atoms with Gasteiger partial charge >= 0.3 is 0 Å². The van der Waals surface area contributed by atoms with Crippen molar-refractivity contribution in [1.82, 2.24) is 4.31 Å². The monoisotopic (exact) mass is 496 g/mol. The van der Waals surface area contributed by atoms with Gasteiger partial charge in [-0.05, 0) is 51.1 Å². The Balaban J connectivity index is 2.26. The number of sulfone groups is 1. The van der Waals surface area contributed by atoms with Crippen molar-refractivity contribution in [1.29, 1.82) is 0 Å². The van der Waals surface area contributed by atoms with Crippen LogP contribution in [0.1, 0.15) is 39.7 Å². The molecule has 0 aliphatic heterocycles. The molecular formula is C23H32N2O6S2. The molecule has 0 saturated heterocycles. The van der Waals surface area contributed by atoms with Crippen molar-refractivity contribution in [3.63, 3.8) is 0 Å². The molecule has 0 heterocycles. The van der Waals surface area contributed by atoms with E-state index < -0.39 is 25.8 Å². The predicted octanol–water partition coefficient (Wildman–Crippen LogP) is 3.62. The summed E-state index contributed by atoms with van der Waals surface area (Å²) in [6.45, 7) is 9.57. The molecule has 0 saturated carbocycles. The average molecular weight is 497 g/mol. The number of ether oxygens (including phenoxy) is 1. The van der Waals surface area contributed by atoms with Gasteiger partial charge in [0.2, 0.25) is 15.9 Å². The molecule has 1 N–H and O–H groups in total. The first-order valence-electron chi connectivity index (χ1n) is 10.8. The van der Waals surface area contributed by atoms with Crippen molar-refractivity contribution < 1.29 is 26.4 Å². The van der Waals surface area contributed by atoms with E-state index in [4.69, 9.17) is 4.74 Å². The first-order chi connectivity index (χ1) is 15.4. The van der Waals surface area contributed by atoms with Gasteiger partial charge in [0.15, 0.2) is 9.84 Å². The number of carbonyl (C=O) groups is 1. The number of rotatable bonds is 11. The molecule has 182 valence electrons. The Hall–Kier alpha value is -2.43. The van der Waals surface area contributed by atoms with Gasteiger partial charge in [-0.2, -0.15) is 4.31 Å². The molecule has 2 rings (SSSR count). The summed E-state index contributed by atoms with van der Waals surface area (Å²) in [4.78, 5) is 12.8. The summed E-state index contributed by atoms with van der Waals surface area (Å²) in [6.07, 6.45) is -0.502. The van der Waals surface area contributed by atoms with Crippen LogP contribution in [0.2, 0.25) is 0 Å². The van der Waals surface area contributed by atoms with Gasteiger partial charge in [-0.25, -0.2) is 16.8 Å². The summed E-state index contributed by atoms with van der Waals surface area (Å²) in [5.41, 5.74) is 1.11. The second-order valence-electron chi connectivity index (χ2n) is 7.84. The molecule has 1 amide bonds. The van der Waals surface area contributed by atoms with E-state index in [1.165, 1.54) is 34.6 Å². The van der Waals surface area contributed by atoms with E-state index in [1.807, 2.05) is 6.92 Å². The Morgan fingerprint density at radius 2 is 1.55 bits per heavy atom. The van der Waals surface area contributed by atoms with E-state index in [9.17, 15) is 21.6 Å². The predicted molar refractivity (Wildman–Crippen MR) is 129 cm³/mol. The Morgan fingerprint density at radius 3 is 2.09 bits per heavy atom. The fourth-order valence-electron chi connectivity index (χ4n) is 3.14. The highest BCUT2D eigenvalue weighted by Gasteiger charge is 2.24. The van der Waals surface area contributed by atoms with Crippen LogP contribution in [0.15, 0.2) is 52.3 Å². The molecule has 0 bridgehead atoms. The van der Waals surface area contributed by atoms with Crippen molar-refractivity contribution in [2.24, 2.45) is 0 Å². The fraction of sp³-hybridized carbons (Fsp3) is 0.435. The maximum absolute atomic E-state index is 12.9. The molecule has 10 heteroatoms. The Labute approximate surface area is 196 Å². The number of hydrogen-bond donors (Lipinski definition) is 1.